The maximum atomic E-state index is 14.2. The fourth-order valence-electron chi connectivity index (χ4n) is 6.40. The molecule has 12 heteroatoms. The maximum absolute atomic E-state index is 14.2. The van der Waals surface area contributed by atoms with Crippen LogP contribution in [0.5, 0.6) is 0 Å². The molecule has 2 aromatic carbocycles. The van der Waals surface area contributed by atoms with Crippen LogP contribution in [-0.2, 0) is 38.5 Å². The van der Waals surface area contributed by atoms with Crippen molar-refractivity contribution in [3.05, 3.63) is 88.4 Å². The Labute approximate surface area is 293 Å². The molecule has 0 radical (unpaired) electrons. The van der Waals surface area contributed by atoms with E-state index in [1.165, 1.54) is 11.3 Å². The molecule has 5 rings (SSSR count). The number of nitrogens with zero attached hydrogens (tertiary/aromatic N) is 3. The average Bonchev–Trinajstić information content (AvgIpc) is 3.78. The van der Waals surface area contributed by atoms with E-state index in [2.05, 4.69) is 20.5 Å². The van der Waals surface area contributed by atoms with Gasteiger partial charge in [0.05, 0.1) is 23.6 Å². The van der Waals surface area contributed by atoms with Crippen molar-refractivity contribution in [1.82, 2.24) is 25.4 Å². The van der Waals surface area contributed by atoms with E-state index in [0.29, 0.717) is 51.9 Å². The van der Waals surface area contributed by atoms with Crippen LogP contribution in [0.25, 0.3) is 0 Å². The van der Waals surface area contributed by atoms with Crippen molar-refractivity contribution in [3.8, 4) is 0 Å². The summed E-state index contributed by atoms with van der Waals surface area (Å²) in [6.45, 7) is 8.87. The van der Waals surface area contributed by atoms with Crippen LogP contribution in [0.4, 0.5) is 9.59 Å². The molecule has 0 aliphatic carbocycles. The lowest BCUT2D eigenvalue weighted by atomic mass is 9.95. The highest BCUT2D eigenvalue weighted by Crippen LogP contribution is 2.26. The molecule has 2 saturated heterocycles. The van der Waals surface area contributed by atoms with E-state index >= 15 is 0 Å². The van der Waals surface area contributed by atoms with Gasteiger partial charge in [0, 0.05) is 44.0 Å². The zero-order chi connectivity index (χ0) is 34.6. The van der Waals surface area contributed by atoms with Gasteiger partial charge < -0.3 is 24.8 Å². The Hall–Kier alpha value is -4.00. The lowest BCUT2D eigenvalue weighted by Crippen LogP contribution is -2.50. The van der Waals surface area contributed by atoms with Crippen molar-refractivity contribution >= 4 is 29.4 Å². The van der Waals surface area contributed by atoms with Crippen molar-refractivity contribution < 1.29 is 28.6 Å². The number of carbonyl (C=O) groups is 3. The number of aromatic nitrogens is 1. The Morgan fingerprint density at radius 3 is 2.12 bits per heavy atom. The molecule has 3 aromatic rings. The molecule has 11 nitrogen and oxygen atoms in total. The van der Waals surface area contributed by atoms with Gasteiger partial charge in [-0.15, -0.1) is 11.3 Å². The predicted molar refractivity (Wildman–Crippen MR) is 188 cm³/mol. The largest absolute Gasteiger partial charge is 0.444 e. The highest BCUT2D eigenvalue weighted by atomic mass is 32.1. The molecule has 0 bridgehead atoms. The van der Waals surface area contributed by atoms with Gasteiger partial charge in [-0.3, -0.25) is 19.6 Å². The lowest BCUT2D eigenvalue weighted by molar-refractivity contribution is -0.126. The number of nitrogens with one attached hydrogen (secondary N) is 2. The Morgan fingerprint density at radius 2 is 1.55 bits per heavy atom. The van der Waals surface area contributed by atoms with Gasteiger partial charge in [-0.2, -0.15) is 0 Å². The molecule has 1 aromatic heterocycles. The van der Waals surface area contributed by atoms with Gasteiger partial charge >= 0.3 is 12.2 Å². The van der Waals surface area contributed by atoms with E-state index < -0.39 is 23.8 Å². The molecule has 264 valence electrons. The quantitative estimate of drug-likeness (QED) is 0.251. The molecule has 3 heterocycles. The normalized spacial score (nSPS) is 19.5. The molecule has 49 heavy (non-hydrogen) atoms. The van der Waals surface area contributed by atoms with E-state index in [0.717, 1.165) is 29.1 Å². The highest BCUT2D eigenvalue weighted by molar-refractivity contribution is 7.09. The first-order valence-corrected chi connectivity index (χ1v) is 18.0. The zero-order valence-electron chi connectivity index (χ0n) is 28.7. The van der Waals surface area contributed by atoms with Gasteiger partial charge in [-0.1, -0.05) is 60.7 Å². The van der Waals surface area contributed by atoms with Crippen LogP contribution in [0.2, 0.25) is 0 Å². The molecule has 4 atom stereocenters. The summed E-state index contributed by atoms with van der Waals surface area (Å²) < 4.78 is 16.8. The molecule has 2 N–H and O–H groups in total. The Kier molecular flexibility index (Phi) is 13.0. The monoisotopic (exact) mass is 691 g/mol. The molecule has 0 saturated carbocycles. The summed E-state index contributed by atoms with van der Waals surface area (Å²) in [5, 5.41) is 6.38. The van der Waals surface area contributed by atoms with E-state index in [1.807, 2.05) is 81.4 Å². The lowest BCUT2D eigenvalue weighted by Gasteiger charge is -2.32. The number of likely N-dealkylation sites (tertiary alicyclic amines) is 1. The number of ether oxygens (including phenoxy) is 3. The molecule has 2 aliphatic rings. The fraction of sp³-hybridized carbons (Fsp3) is 0.514. The summed E-state index contributed by atoms with van der Waals surface area (Å²) in [4.78, 5) is 49.3. The molecule has 0 spiro atoms. The number of hydrogen-bond acceptors (Lipinski definition) is 9. The van der Waals surface area contributed by atoms with Crippen LogP contribution in [-0.4, -0.2) is 95.5 Å². The molecule has 2 aliphatic heterocycles. The van der Waals surface area contributed by atoms with E-state index in [9.17, 15) is 14.4 Å². The molecule has 3 amide bonds. The molecular weight excluding hydrogens is 643 g/mol. The Morgan fingerprint density at radius 1 is 0.939 bits per heavy atom. The Bertz CT molecular complexity index is 1460. The van der Waals surface area contributed by atoms with Crippen molar-refractivity contribution in [2.45, 2.75) is 89.3 Å². The first-order chi connectivity index (χ1) is 23.6. The summed E-state index contributed by atoms with van der Waals surface area (Å²) in [5.41, 5.74) is 3.20. The van der Waals surface area contributed by atoms with Crippen LogP contribution in [0.1, 0.15) is 56.0 Å². The van der Waals surface area contributed by atoms with Gasteiger partial charge in [0.25, 0.3) is 0 Å². The van der Waals surface area contributed by atoms with Crippen LogP contribution >= 0.6 is 11.3 Å². The zero-order valence-corrected chi connectivity index (χ0v) is 29.5. The van der Waals surface area contributed by atoms with Crippen molar-refractivity contribution in [3.63, 3.8) is 0 Å². The maximum Gasteiger partial charge on any atom is 0.411 e. The average molecular weight is 692 g/mol. The minimum Gasteiger partial charge on any atom is -0.444 e. The first-order valence-electron chi connectivity index (χ1n) is 17.1. The number of hydrogen-bond donors (Lipinski definition) is 2. The number of alkyl carbamates (subject to hydrolysis) is 1. The first kappa shape index (κ1) is 36.3. The standard InChI is InChI=1S/C37H49N5O6S/c1-37(2,3)48-36(45)42-24-31(41-16-18-46-19-17-41)22-33(42)34(43)39-29(20-27-10-6-4-7-11-27)14-15-30(21-28-12-8-5-9-13-28)40-35(44)47-25-32-23-38-26-49-32/h4-13,23,26,29-31,33H,14-22,24-25H2,1-3H3,(H,39,43)(H,40,44). The third-order valence-corrected chi connectivity index (χ3v) is 9.54. The number of rotatable bonds is 13. The van der Waals surface area contributed by atoms with E-state index in [4.69, 9.17) is 14.2 Å². The molecule has 2 fully saturated rings. The number of amides is 3. The predicted octanol–water partition coefficient (Wildman–Crippen LogP) is 5.20. The van der Waals surface area contributed by atoms with Crippen LogP contribution < -0.4 is 10.6 Å². The minimum atomic E-state index is -0.687. The summed E-state index contributed by atoms with van der Waals surface area (Å²) in [6.07, 6.45) is 3.64. The second-order valence-electron chi connectivity index (χ2n) is 13.7. The number of carbonyl (C=O) groups excluding carboxylic acids is 3. The van der Waals surface area contributed by atoms with Crippen molar-refractivity contribution in [1.29, 1.82) is 0 Å². The second kappa shape index (κ2) is 17.6. The summed E-state index contributed by atoms with van der Waals surface area (Å²) >= 11 is 1.43. The number of benzene rings is 2. The highest BCUT2D eigenvalue weighted by Gasteiger charge is 2.44. The summed E-state index contributed by atoms with van der Waals surface area (Å²) in [6, 6.07) is 18.9. The van der Waals surface area contributed by atoms with E-state index in [1.54, 1.807) is 16.6 Å². The van der Waals surface area contributed by atoms with Gasteiger partial charge in [0.1, 0.15) is 18.2 Å². The second-order valence-corrected chi connectivity index (χ2v) is 14.7. The van der Waals surface area contributed by atoms with Crippen LogP contribution in [0.3, 0.4) is 0 Å². The van der Waals surface area contributed by atoms with Crippen LogP contribution in [0, 0.1) is 0 Å². The Balaban J connectivity index is 1.30. The number of thiazole rings is 1. The fourth-order valence-corrected chi connectivity index (χ4v) is 6.90. The summed E-state index contributed by atoms with van der Waals surface area (Å²) in [5.74, 6) is -0.195. The van der Waals surface area contributed by atoms with Crippen molar-refractivity contribution in [2.24, 2.45) is 0 Å². The smallest absolute Gasteiger partial charge is 0.411 e. The third-order valence-electron chi connectivity index (χ3n) is 8.78. The molecular formula is C37H49N5O6S. The SMILES string of the molecule is CC(C)(C)OC(=O)N1CC(N2CCOCC2)CC1C(=O)NC(CCC(Cc1ccccc1)NC(=O)OCc1cncs1)Cc1ccccc1. The summed E-state index contributed by atoms with van der Waals surface area (Å²) in [7, 11) is 0. The topological polar surface area (TPSA) is 122 Å². The van der Waals surface area contributed by atoms with Crippen LogP contribution in [0.15, 0.2) is 72.4 Å². The van der Waals surface area contributed by atoms with Gasteiger partial charge in [-0.05, 0) is 64.0 Å². The third kappa shape index (κ3) is 11.5. The number of morpholine rings is 1. The minimum absolute atomic E-state index is 0.0372. The van der Waals surface area contributed by atoms with Gasteiger partial charge in [0.2, 0.25) is 5.91 Å². The molecule has 4 unspecified atom stereocenters. The van der Waals surface area contributed by atoms with Gasteiger partial charge in [0.15, 0.2) is 0 Å². The van der Waals surface area contributed by atoms with Gasteiger partial charge in [-0.25, -0.2) is 9.59 Å². The van der Waals surface area contributed by atoms with E-state index in [-0.39, 0.29) is 30.6 Å². The van der Waals surface area contributed by atoms with Crippen molar-refractivity contribution in [2.75, 3.05) is 32.8 Å².